The van der Waals surface area contributed by atoms with Crippen LogP contribution in [0.4, 0.5) is 10.1 Å². The lowest BCUT2D eigenvalue weighted by atomic mass is 10.0. The highest BCUT2D eigenvalue weighted by Crippen LogP contribution is 2.49. The van der Waals surface area contributed by atoms with Gasteiger partial charge in [0, 0.05) is 24.5 Å². The summed E-state index contributed by atoms with van der Waals surface area (Å²) in [5.41, 5.74) is 7.64. The molecule has 0 bridgehead atoms. The molecule has 2 aromatic rings. The molecular formula is C23H29FN3OS+. The monoisotopic (exact) mass is 414 g/mol. The predicted octanol–water partition coefficient (Wildman–Crippen LogP) is 5.32. The summed E-state index contributed by atoms with van der Waals surface area (Å²) in [4.78, 5) is 14.4. The zero-order valence-corrected chi connectivity index (χ0v) is 17.9. The van der Waals surface area contributed by atoms with Gasteiger partial charge in [0.25, 0.3) is 5.91 Å². The molecule has 2 N–H and O–H groups in total. The van der Waals surface area contributed by atoms with Crippen LogP contribution >= 0.6 is 11.9 Å². The first-order valence-electron chi connectivity index (χ1n) is 10.2. The van der Waals surface area contributed by atoms with Crippen LogP contribution in [0.3, 0.4) is 0 Å². The third-order valence-electron chi connectivity index (χ3n) is 5.33. The van der Waals surface area contributed by atoms with E-state index in [9.17, 15) is 9.18 Å². The number of rotatable bonds is 8. The van der Waals surface area contributed by atoms with Crippen LogP contribution < -0.4 is 9.73 Å². The lowest BCUT2D eigenvalue weighted by Gasteiger charge is -2.38. The van der Waals surface area contributed by atoms with Crippen LogP contribution in [0.1, 0.15) is 38.7 Å². The molecule has 2 aromatic carbocycles. The number of halogens is 1. The molecule has 6 heteroatoms. The Morgan fingerprint density at radius 3 is 2.48 bits per heavy atom. The topological polar surface area (TPSA) is 46.3 Å². The van der Waals surface area contributed by atoms with Gasteiger partial charge in [0.05, 0.1) is 11.1 Å². The molecule has 29 heavy (non-hydrogen) atoms. The van der Waals surface area contributed by atoms with Crippen LogP contribution in [0.15, 0.2) is 60.8 Å². The minimum absolute atomic E-state index is 0.0576. The lowest BCUT2D eigenvalue weighted by Crippen LogP contribution is -2.56. The van der Waals surface area contributed by atoms with E-state index < -0.39 is 0 Å². The number of carbonyl (C=O) groups excluding carboxylic acids is 1. The van der Waals surface area contributed by atoms with Crippen molar-refractivity contribution in [3.63, 3.8) is 0 Å². The van der Waals surface area contributed by atoms with Gasteiger partial charge in [-0.25, -0.2) is 4.39 Å². The number of carbonyl (C=O) groups is 1. The van der Waals surface area contributed by atoms with Crippen molar-refractivity contribution >= 4 is 28.4 Å². The quantitative estimate of drug-likeness (QED) is 0.470. The Kier molecular flexibility index (Phi) is 7.11. The molecular weight excluding hydrogens is 385 g/mol. The Morgan fingerprint density at radius 2 is 1.86 bits per heavy atom. The molecule has 1 unspecified atom stereocenters. The number of amides is 1. The number of hydrogen-bond donors (Lipinski definition) is 1. The van der Waals surface area contributed by atoms with Crippen LogP contribution in [0, 0.1) is 11.7 Å². The van der Waals surface area contributed by atoms with E-state index >= 15 is 0 Å². The van der Waals surface area contributed by atoms with E-state index in [0.29, 0.717) is 17.1 Å². The third-order valence-corrected chi connectivity index (χ3v) is 6.74. The smallest absolute Gasteiger partial charge is 0.277 e. The van der Waals surface area contributed by atoms with Crippen molar-refractivity contribution in [3.05, 3.63) is 72.2 Å². The van der Waals surface area contributed by atoms with Gasteiger partial charge in [-0.3, -0.25) is 4.79 Å². The van der Waals surface area contributed by atoms with Crippen molar-refractivity contribution in [1.29, 1.82) is 0 Å². The highest BCUT2D eigenvalue weighted by molar-refractivity contribution is 8.08. The minimum atomic E-state index is -0.284. The summed E-state index contributed by atoms with van der Waals surface area (Å²) in [6.45, 7) is 5.30. The Labute approximate surface area is 176 Å². The van der Waals surface area contributed by atoms with Crippen molar-refractivity contribution < 1.29 is 9.18 Å². The first-order chi connectivity index (χ1) is 14.1. The van der Waals surface area contributed by atoms with E-state index in [1.807, 2.05) is 61.5 Å². The second kappa shape index (κ2) is 9.57. The van der Waals surface area contributed by atoms with Gasteiger partial charge in [-0.15, -0.1) is 9.01 Å². The minimum Gasteiger partial charge on any atom is -0.330 e. The summed E-state index contributed by atoms with van der Waals surface area (Å²) in [6.07, 6.45) is 4.22. The molecule has 0 aromatic heterocycles. The average Bonchev–Trinajstić information content (AvgIpc) is 3.14. The molecule has 1 aliphatic heterocycles. The Bertz CT molecular complexity index is 869. The van der Waals surface area contributed by atoms with E-state index in [1.54, 1.807) is 18.0 Å². The molecule has 3 rings (SSSR count). The highest BCUT2D eigenvalue weighted by atomic mass is 32.2. The number of benzene rings is 2. The van der Waals surface area contributed by atoms with Crippen molar-refractivity contribution in [2.24, 2.45) is 11.7 Å². The fourth-order valence-electron chi connectivity index (χ4n) is 3.68. The molecule has 0 fully saturated rings. The molecule has 4 nitrogen and oxygen atoms in total. The van der Waals surface area contributed by atoms with Crippen LogP contribution in [0.25, 0.3) is 4.91 Å². The van der Waals surface area contributed by atoms with E-state index in [2.05, 4.69) is 0 Å². The van der Waals surface area contributed by atoms with E-state index in [1.165, 1.54) is 12.1 Å². The van der Waals surface area contributed by atoms with Crippen LogP contribution in [-0.4, -0.2) is 24.0 Å². The molecule has 1 aliphatic rings. The molecule has 154 valence electrons. The van der Waals surface area contributed by atoms with Crippen LogP contribution in [-0.2, 0) is 4.79 Å². The maximum absolute atomic E-state index is 13.9. The maximum atomic E-state index is 13.9. The summed E-state index contributed by atoms with van der Waals surface area (Å²) in [7, 11) is 0. The van der Waals surface area contributed by atoms with Gasteiger partial charge in [0.15, 0.2) is 5.69 Å². The zero-order chi connectivity index (χ0) is 20.9. The van der Waals surface area contributed by atoms with Crippen LogP contribution in [0.2, 0.25) is 0 Å². The number of nitrogens with two attached hydrogens (primary N) is 1. The van der Waals surface area contributed by atoms with Crippen molar-refractivity contribution in [1.82, 2.24) is 9.01 Å². The van der Waals surface area contributed by atoms with Crippen molar-refractivity contribution in [2.45, 2.75) is 33.1 Å². The molecule has 1 atom stereocenters. The van der Waals surface area contributed by atoms with Gasteiger partial charge in [-0.1, -0.05) is 44.2 Å². The Balaban J connectivity index is 2.12. The van der Waals surface area contributed by atoms with Gasteiger partial charge in [0.2, 0.25) is 0 Å². The second-order valence-corrected chi connectivity index (χ2v) is 8.42. The Hall–Kier alpha value is -2.15. The first-order valence-corrected chi connectivity index (χ1v) is 11.0. The normalized spacial score (nSPS) is 18.9. The second-order valence-electron chi connectivity index (χ2n) is 7.19. The molecule has 1 heterocycles. The van der Waals surface area contributed by atoms with Crippen molar-refractivity contribution in [3.8, 4) is 0 Å². The van der Waals surface area contributed by atoms with Gasteiger partial charge in [-0.05, 0) is 37.1 Å². The average molecular weight is 415 g/mol. The van der Waals surface area contributed by atoms with E-state index in [4.69, 9.17) is 5.73 Å². The summed E-state index contributed by atoms with van der Waals surface area (Å²) >= 11 is 1.57. The summed E-state index contributed by atoms with van der Waals surface area (Å²) in [6, 6.07) is 16.6. The zero-order valence-electron chi connectivity index (χ0n) is 17.1. The molecule has 0 saturated carbocycles. The number of quaternary nitrogens is 1. The number of hydrogen-bond acceptors (Lipinski definition) is 3. The summed E-state index contributed by atoms with van der Waals surface area (Å²) in [5.74, 6) is -0.249. The van der Waals surface area contributed by atoms with Gasteiger partial charge >= 0.3 is 0 Å². The molecule has 0 aliphatic carbocycles. The maximum Gasteiger partial charge on any atom is 0.277 e. The van der Waals surface area contributed by atoms with E-state index in [-0.39, 0.29) is 17.6 Å². The largest absolute Gasteiger partial charge is 0.330 e. The molecule has 0 saturated heterocycles. The Morgan fingerprint density at radius 1 is 1.14 bits per heavy atom. The fraction of sp³-hybridized carbons (Fsp3) is 0.348. The molecule has 1 amide bonds. The third kappa shape index (κ3) is 4.39. The van der Waals surface area contributed by atoms with Crippen molar-refractivity contribution in [2.75, 3.05) is 13.1 Å². The standard InChI is InChI=1S/C23H29FN3OS/c1-3-18(4-2)23(28)26-17-22(19-10-8-11-20(24)16-19)29-27(26,15-9-14-25)21-12-6-5-7-13-21/h5-8,10-13,16-18H,3-4,9,14-15,25H2,1-2H3/q+1. The molecule has 0 spiro atoms. The van der Waals surface area contributed by atoms with Gasteiger partial charge in [-0.2, -0.15) is 0 Å². The summed E-state index contributed by atoms with van der Waals surface area (Å²) < 4.78 is 14.2. The SMILES string of the molecule is CCC(CC)C(=O)N1C=C(c2cccc(F)c2)S[N+]1(CCCN)c1ccccc1. The number of para-hydroxylation sites is 1. The van der Waals surface area contributed by atoms with Crippen LogP contribution in [0.5, 0.6) is 0 Å². The lowest BCUT2D eigenvalue weighted by molar-refractivity contribution is -0.139. The summed E-state index contributed by atoms with van der Waals surface area (Å²) in [5, 5.41) is 1.84. The highest BCUT2D eigenvalue weighted by Gasteiger charge is 2.49. The predicted molar refractivity (Wildman–Crippen MR) is 120 cm³/mol. The van der Waals surface area contributed by atoms with Gasteiger partial charge in [0.1, 0.15) is 24.3 Å². The fourth-order valence-corrected chi connectivity index (χ4v) is 5.05. The van der Waals surface area contributed by atoms with E-state index in [0.717, 1.165) is 35.4 Å². The number of nitrogens with zero attached hydrogens (tertiary/aromatic N) is 2. The molecule has 0 radical (unpaired) electrons. The first kappa shape index (κ1) is 21.6. The van der Waals surface area contributed by atoms with Gasteiger partial charge < -0.3 is 5.73 Å².